The molecule has 1 aromatic heterocycles. The van der Waals surface area contributed by atoms with Gasteiger partial charge in [-0.25, -0.2) is 17.5 Å². The summed E-state index contributed by atoms with van der Waals surface area (Å²) in [6, 6.07) is 7.13. The number of nitrogens with one attached hydrogen (secondary N) is 1. The van der Waals surface area contributed by atoms with Crippen molar-refractivity contribution in [2.24, 2.45) is 0 Å². The highest BCUT2D eigenvalue weighted by Gasteiger charge is 2.20. The molecule has 2 aromatic rings. The molecule has 0 saturated heterocycles. The summed E-state index contributed by atoms with van der Waals surface area (Å²) >= 11 is 5.76. The molecule has 3 N–H and O–H groups in total. The zero-order chi connectivity index (χ0) is 15.6. The predicted molar refractivity (Wildman–Crippen MR) is 78.8 cm³/mol. The van der Waals surface area contributed by atoms with Crippen LogP contribution in [0.3, 0.4) is 0 Å². The Morgan fingerprint density at radius 2 is 2.10 bits per heavy atom. The fourth-order valence-corrected chi connectivity index (χ4v) is 3.24. The Bertz CT molecular complexity index is 781. The van der Waals surface area contributed by atoms with Crippen LogP contribution in [-0.4, -0.2) is 13.4 Å². The van der Waals surface area contributed by atoms with Crippen molar-refractivity contribution in [1.29, 1.82) is 0 Å². The van der Waals surface area contributed by atoms with Crippen molar-refractivity contribution < 1.29 is 12.8 Å². The third kappa shape index (κ3) is 3.69. The van der Waals surface area contributed by atoms with Crippen LogP contribution in [0.5, 0.6) is 0 Å². The number of rotatable bonds is 4. The number of hydrogen-bond donors (Lipinski definition) is 2. The minimum absolute atomic E-state index is 0.00236. The minimum Gasteiger partial charge on any atom is -0.396 e. The smallest absolute Gasteiger partial charge is 0.242 e. The van der Waals surface area contributed by atoms with Crippen LogP contribution in [0.25, 0.3) is 0 Å². The first-order valence-corrected chi connectivity index (χ1v) is 7.82. The zero-order valence-electron chi connectivity index (χ0n) is 11.1. The molecule has 112 valence electrons. The van der Waals surface area contributed by atoms with Crippen LogP contribution in [0.4, 0.5) is 10.1 Å². The molecule has 2 rings (SSSR count). The molecule has 0 radical (unpaired) electrons. The molecule has 0 unspecified atom stereocenters. The van der Waals surface area contributed by atoms with Crippen LogP contribution in [-0.2, 0) is 16.6 Å². The second kappa shape index (κ2) is 5.97. The fourth-order valence-electron chi connectivity index (χ4n) is 1.70. The molecule has 8 heteroatoms. The zero-order valence-corrected chi connectivity index (χ0v) is 12.7. The number of aromatic nitrogens is 1. The van der Waals surface area contributed by atoms with Crippen molar-refractivity contribution in [3.05, 3.63) is 52.6 Å². The van der Waals surface area contributed by atoms with E-state index in [0.717, 1.165) is 17.8 Å². The van der Waals surface area contributed by atoms with Crippen LogP contribution >= 0.6 is 11.6 Å². The van der Waals surface area contributed by atoms with Crippen LogP contribution in [0.2, 0.25) is 5.02 Å². The Balaban J connectivity index is 2.25. The molecule has 0 atom stereocenters. The van der Waals surface area contributed by atoms with E-state index in [0.29, 0.717) is 5.69 Å². The van der Waals surface area contributed by atoms with Crippen molar-refractivity contribution >= 4 is 27.3 Å². The molecule has 1 heterocycles. The summed E-state index contributed by atoms with van der Waals surface area (Å²) in [4.78, 5) is 3.91. The first kappa shape index (κ1) is 15.7. The molecule has 1 aromatic carbocycles. The normalized spacial score (nSPS) is 11.6. The average molecular weight is 330 g/mol. The first-order valence-electron chi connectivity index (χ1n) is 5.96. The third-order valence-corrected chi connectivity index (χ3v) is 4.60. The highest BCUT2D eigenvalue weighted by Crippen LogP contribution is 2.26. The number of halogens is 2. The van der Waals surface area contributed by atoms with Gasteiger partial charge in [0.1, 0.15) is 10.7 Å². The summed E-state index contributed by atoms with van der Waals surface area (Å²) in [6.07, 6.45) is 0. The summed E-state index contributed by atoms with van der Waals surface area (Å²) in [5.41, 5.74) is 6.43. The minimum atomic E-state index is -3.91. The monoisotopic (exact) mass is 329 g/mol. The van der Waals surface area contributed by atoms with Gasteiger partial charge in [0.2, 0.25) is 10.0 Å². The number of nitrogens with zero attached hydrogens (tertiary/aromatic N) is 1. The van der Waals surface area contributed by atoms with E-state index in [9.17, 15) is 12.8 Å². The van der Waals surface area contributed by atoms with Crippen LogP contribution in [0, 0.1) is 12.7 Å². The quantitative estimate of drug-likeness (QED) is 0.842. The van der Waals surface area contributed by atoms with Gasteiger partial charge in [-0.1, -0.05) is 17.7 Å². The van der Waals surface area contributed by atoms with Crippen molar-refractivity contribution in [2.75, 3.05) is 5.73 Å². The van der Waals surface area contributed by atoms with Crippen molar-refractivity contribution in [2.45, 2.75) is 18.4 Å². The lowest BCUT2D eigenvalue weighted by Crippen LogP contribution is -2.24. The molecule has 0 amide bonds. The molecule has 0 fully saturated rings. The van der Waals surface area contributed by atoms with Crippen LogP contribution in [0.1, 0.15) is 11.4 Å². The summed E-state index contributed by atoms with van der Waals surface area (Å²) in [5, 5.41) is -0.230. The van der Waals surface area contributed by atoms with Gasteiger partial charge in [-0.2, -0.15) is 0 Å². The van der Waals surface area contributed by atoms with Gasteiger partial charge in [0.05, 0.1) is 22.9 Å². The maximum atomic E-state index is 13.2. The molecule has 0 bridgehead atoms. The number of sulfonamides is 1. The van der Waals surface area contributed by atoms with Gasteiger partial charge in [-0.15, -0.1) is 0 Å². The lowest BCUT2D eigenvalue weighted by atomic mass is 10.3. The molecule has 0 aliphatic carbocycles. The second-order valence-corrected chi connectivity index (χ2v) is 6.54. The lowest BCUT2D eigenvalue weighted by molar-refractivity contribution is 0.579. The first-order chi connectivity index (χ1) is 9.79. The van der Waals surface area contributed by atoms with Gasteiger partial charge in [-0.3, -0.25) is 4.98 Å². The van der Waals surface area contributed by atoms with Gasteiger partial charge >= 0.3 is 0 Å². The number of nitrogen functional groups attached to an aromatic ring is 1. The number of anilines is 1. The fraction of sp³-hybridized carbons (Fsp3) is 0.154. The van der Waals surface area contributed by atoms with Crippen molar-refractivity contribution in [3.63, 3.8) is 0 Å². The van der Waals surface area contributed by atoms with Gasteiger partial charge in [0.15, 0.2) is 0 Å². The molecule has 0 spiro atoms. The van der Waals surface area contributed by atoms with E-state index in [1.807, 2.05) is 0 Å². The van der Waals surface area contributed by atoms with Gasteiger partial charge < -0.3 is 5.73 Å². The topological polar surface area (TPSA) is 85.1 Å². The van der Waals surface area contributed by atoms with E-state index in [1.165, 1.54) is 0 Å². The standard InChI is InChI=1S/C13H13ClFN3O2S/c1-8-3-2-4-9(18-8)7-17-21(19,20)13-6-12(16)11(15)5-10(13)14/h2-6,17H,7,16H2,1H3. The molecular formula is C13H13ClFN3O2S. The summed E-state index contributed by atoms with van der Waals surface area (Å²) in [7, 11) is -3.91. The van der Waals surface area contributed by atoms with Crippen LogP contribution < -0.4 is 10.5 Å². The number of hydrogen-bond acceptors (Lipinski definition) is 4. The number of nitrogens with two attached hydrogens (primary N) is 1. The Morgan fingerprint density at radius 3 is 2.76 bits per heavy atom. The molecule has 21 heavy (non-hydrogen) atoms. The number of pyridine rings is 1. The summed E-state index contributed by atoms with van der Waals surface area (Å²) in [6.45, 7) is 1.80. The molecule has 0 saturated carbocycles. The molecule has 5 nitrogen and oxygen atoms in total. The SMILES string of the molecule is Cc1cccc(CNS(=O)(=O)c2cc(N)c(F)cc2Cl)n1. The Kier molecular flexibility index (Phi) is 4.46. The maximum absolute atomic E-state index is 13.2. The van der Waals surface area contributed by atoms with E-state index in [2.05, 4.69) is 9.71 Å². The lowest BCUT2D eigenvalue weighted by Gasteiger charge is -2.09. The van der Waals surface area contributed by atoms with Gasteiger partial charge in [0.25, 0.3) is 0 Å². The molecule has 0 aliphatic rings. The predicted octanol–water partition coefficient (Wildman–Crippen LogP) is 2.24. The number of aryl methyl sites for hydroxylation is 1. The Hall–Kier alpha value is -1.70. The van der Waals surface area contributed by atoms with Crippen molar-refractivity contribution in [1.82, 2.24) is 9.71 Å². The Morgan fingerprint density at radius 1 is 1.38 bits per heavy atom. The molecule has 0 aliphatic heterocycles. The number of benzene rings is 1. The van der Waals surface area contributed by atoms with E-state index in [4.69, 9.17) is 17.3 Å². The largest absolute Gasteiger partial charge is 0.396 e. The van der Waals surface area contributed by atoms with E-state index in [1.54, 1.807) is 25.1 Å². The van der Waals surface area contributed by atoms with Gasteiger partial charge in [0, 0.05) is 5.69 Å². The van der Waals surface area contributed by atoms with E-state index >= 15 is 0 Å². The maximum Gasteiger partial charge on any atom is 0.242 e. The van der Waals surface area contributed by atoms with E-state index in [-0.39, 0.29) is 22.2 Å². The third-order valence-electron chi connectivity index (χ3n) is 2.73. The van der Waals surface area contributed by atoms with Gasteiger partial charge in [-0.05, 0) is 31.2 Å². The van der Waals surface area contributed by atoms with Crippen molar-refractivity contribution in [3.8, 4) is 0 Å². The average Bonchev–Trinajstić information content (AvgIpc) is 2.41. The summed E-state index contributed by atoms with van der Waals surface area (Å²) < 4.78 is 39.9. The van der Waals surface area contributed by atoms with E-state index < -0.39 is 15.8 Å². The Labute approximate surface area is 127 Å². The highest BCUT2D eigenvalue weighted by atomic mass is 35.5. The van der Waals surface area contributed by atoms with Crippen LogP contribution in [0.15, 0.2) is 35.2 Å². The highest BCUT2D eigenvalue weighted by molar-refractivity contribution is 7.89. The second-order valence-electron chi connectivity index (χ2n) is 4.40. The molecular weight excluding hydrogens is 317 g/mol. The summed E-state index contributed by atoms with van der Waals surface area (Å²) in [5.74, 6) is -0.765.